The highest BCUT2D eigenvalue weighted by molar-refractivity contribution is 6.05. The summed E-state index contributed by atoms with van der Waals surface area (Å²) in [5.41, 5.74) is 0.108. The minimum absolute atomic E-state index is 0.326. The van der Waals surface area contributed by atoms with Crippen molar-refractivity contribution in [2.75, 3.05) is 5.32 Å². The average molecular weight is 295 g/mol. The Hall–Kier alpha value is -3.28. The molecule has 3 N–H and O–H groups in total. The molecule has 1 aromatic heterocycles. The molecule has 0 atom stereocenters. The molecule has 0 aliphatic heterocycles. The highest BCUT2D eigenvalue weighted by atomic mass is 16.3. The van der Waals surface area contributed by atoms with Crippen LogP contribution in [0.1, 0.15) is 10.4 Å². The van der Waals surface area contributed by atoms with E-state index in [1.165, 1.54) is 4.68 Å². The van der Waals surface area contributed by atoms with Gasteiger partial charge in [0.15, 0.2) is 5.56 Å². The smallest absolute Gasteiger partial charge is 0.281 e. The van der Waals surface area contributed by atoms with E-state index in [-0.39, 0.29) is 5.56 Å². The van der Waals surface area contributed by atoms with Crippen molar-refractivity contribution in [3.05, 3.63) is 76.6 Å². The number of benzene rings is 2. The molecule has 1 heterocycles. The van der Waals surface area contributed by atoms with Crippen LogP contribution in [-0.2, 0) is 0 Å². The van der Waals surface area contributed by atoms with Gasteiger partial charge in [-0.05, 0) is 24.3 Å². The van der Waals surface area contributed by atoms with Crippen LogP contribution in [0.2, 0.25) is 0 Å². The van der Waals surface area contributed by atoms with Gasteiger partial charge in [0.05, 0.1) is 5.69 Å². The molecule has 6 heteroatoms. The van der Waals surface area contributed by atoms with Crippen LogP contribution in [0.5, 0.6) is 5.88 Å². The summed E-state index contributed by atoms with van der Waals surface area (Å²) in [6.07, 6.45) is 0. The van der Waals surface area contributed by atoms with E-state index in [9.17, 15) is 14.7 Å². The lowest BCUT2D eigenvalue weighted by molar-refractivity contribution is 0.102. The van der Waals surface area contributed by atoms with Crippen LogP contribution in [0.3, 0.4) is 0 Å². The quantitative estimate of drug-likeness (QED) is 0.691. The highest BCUT2D eigenvalue weighted by Crippen LogP contribution is 2.19. The van der Waals surface area contributed by atoms with Gasteiger partial charge >= 0.3 is 0 Å². The second-order valence-corrected chi connectivity index (χ2v) is 4.63. The Morgan fingerprint density at radius 1 is 1.00 bits per heavy atom. The van der Waals surface area contributed by atoms with E-state index in [1.54, 1.807) is 48.5 Å². The fourth-order valence-electron chi connectivity index (χ4n) is 2.11. The van der Waals surface area contributed by atoms with Crippen molar-refractivity contribution in [2.45, 2.75) is 0 Å². The first-order valence-corrected chi connectivity index (χ1v) is 6.62. The van der Waals surface area contributed by atoms with Crippen molar-refractivity contribution in [3.8, 4) is 11.6 Å². The molecule has 0 bridgehead atoms. The average Bonchev–Trinajstić information content (AvgIpc) is 2.84. The monoisotopic (exact) mass is 295 g/mol. The summed E-state index contributed by atoms with van der Waals surface area (Å²) in [5.74, 6) is -1.09. The Bertz CT molecular complexity index is 851. The van der Waals surface area contributed by atoms with Gasteiger partial charge in [0.25, 0.3) is 11.5 Å². The molecule has 0 saturated heterocycles. The van der Waals surface area contributed by atoms with Crippen LogP contribution in [0, 0.1) is 0 Å². The van der Waals surface area contributed by atoms with Crippen LogP contribution in [0.15, 0.2) is 65.5 Å². The number of aromatic nitrogens is 2. The zero-order chi connectivity index (χ0) is 15.5. The number of amides is 1. The van der Waals surface area contributed by atoms with Crippen molar-refractivity contribution in [1.82, 2.24) is 9.78 Å². The fraction of sp³-hybridized carbons (Fsp3) is 0. The van der Waals surface area contributed by atoms with E-state index in [1.807, 2.05) is 12.1 Å². The third kappa shape index (κ3) is 2.49. The number of carbonyl (C=O) groups is 1. The molecule has 2 aromatic carbocycles. The highest BCUT2D eigenvalue weighted by Gasteiger charge is 2.22. The Morgan fingerprint density at radius 2 is 1.59 bits per heavy atom. The molecule has 3 aromatic rings. The van der Waals surface area contributed by atoms with Crippen molar-refractivity contribution in [3.63, 3.8) is 0 Å². The molecular weight excluding hydrogens is 282 g/mol. The summed E-state index contributed by atoms with van der Waals surface area (Å²) in [5, 5.41) is 15.2. The number of anilines is 1. The molecular formula is C16H13N3O3. The lowest BCUT2D eigenvalue weighted by Gasteiger charge is -2.05. The SMILES string of the molecule is O=C(Nc1ccccc1)c1c(O)n(-c2ccccc2)[nH]c1=O. The number of carbonyl (C=O) groups excluding carboxylic acids is 1. The van der Waals surface area contributed by atoms with Gasteiger partial charge in [-0.15, -0.1) is 0 Å². The molecule has 0 aliphatic rings. The van der Waals surface area contributed by atoms with Gasteiger partial charge in [0.1, 0.15) is 0 Å². The second-order valence-electron chi connectivity index (χ2n) is 4.63. The zero-order valence-electron chi connectivity index (χ0n) is 11.5. The number of aromatic hydroxyl groups is 1. The molecule has 3 rings (SSSR count). The summed E-state index contributed by atoms with van der Waals surface area (Å²) in [7, 11) is 0. The summed E-state index contributed by atoms with van der Waals surface area (Å²) in [4.78, 5) is 24.2. The lowest BCUT2D eigenvalue weighted by Crippen LogP contribution is -2.19. The van der Waals surface area contributed by atoms with Crippen molar-refractivity contribution in [2.24, 2.45) is 0 Å². The molecule has 110 valence electrons. The van der Waals surface area contributed by atoms with Gasteiger partial charge in [-0.25, -0.2) is 4.68 Å². The summed E-state index contributed by atoms with van der Waals surface area (Å²) >= 11 is 0. The van der Waals surface area contributed by atoms with Crippen molar-refractivity contribution in [1.29, 1.82) is 0 Å². The van der Waals surface area contributed by atoms with E-state index in [0.717, 1.165) is 0 Å². The zero-order valence-corrected chi connectivity index (χ0v) is 11.5. The second kappa shape index (κ2) is 5.61. The Morgan fingerprint density at radius 3 is 2.23 bits per heavy atom. The Balaban J connectivity index is 1.97. The molecule has 22 heavy (non-hydrogen) atoms. The minimum Gasteiger partial charge on any atom is -0.493 e. The van der Waals surface area contributed by atoms with Gasteiger partial charge in [-0.3, -0.25) is 14.7 Å². The van der Waals surface area contributed by atoms with E-state index >= 15 is 0 Å². The van der Waals surface area contributed by atoms with Gasteiger partial charge in [0, 0.05) is 5.69 Å². The maximum absolute atomic E-state index is 12.2. The van der Waals surface area contributed by atoms with E-state index in [0.29, 0.717) is 11.4 Å². The molecule has 6 nitrogen and oxygen atoms in total. The first-order valence-electron chi connectivity index (χ1n) is 6.62. The maximum Gasteiger partial charge on any atom is 0.281 e. The van der Waals surface area contributed by atoms with Gasteiger partial charge in [-0.1, -0.05) is 36.4 Å². The predicted molar refractivity (Wildman–Crippen MR) is 82.4 cm³/mol. The van der Waals surface area contributed by atoms with Crippen LogP contribution in [-0.4, -0.2) is 20.8 Å². The number of hydrogen-bond acceptors (Lipinski definition) is 3. The summed E-state index contributed by atoms with van der Waals surface area (Å²) in [6.45, 7) is 0. The van der Waals surface area contributed by atoms with Crippen LogP contribution >= 0.6 is 0 Å². The number of rotatable bonds is 3. The molecule has 0 radical (unpaired) electrons. The maximum atomic E-state index is 12.2. The van der Waals surface area contributed by atoms with Gasteiger partial charge in [0.2, 0.25) is 5.88 Å². The van der Waals surface area contributed by atoms with Gasteiger partial charge in [-0.2, -0.15) is 0 Å². The largest absolute Gasteiger partial charge is 0.493 e. The van der Waals surface area contributed by atoms with E-state index < -0.39 is 17.3 Å². The molecule has 0 spiro atoms. The molecule has 0 saturated carbocycles. The topological polar surface area (TPSA) is 87.1 Å². The van der Waals surface area contributed by atoms with Crippen molar-refractivity contribution >= 4 is 11.6 Å². The van der Waals surface area contributed by atoms with Gasteiger partial charge < -0.3 is 10.4 Å². The standard InChI is InChI=1S/C16H13N3O3/c20-14(17-11-7-3-1-4-8-11)13-15(21)18-19(16(13)22)12-9-5-2-6-10-12/h1-10,22H,(H,17,20)(H,18,21). The molecule has 0 unspecified atom stereocenters. The van der Waals surface area contributed by atoms with Crippen molar-refractivity contribution < 1.29 is 9.90 Å². The van der Waals surface area contributed by atoms with Crippen LogP contribution in [0.4, 0.5) is 5.69 Å². The fourth-order valence-corrected chi connectivity index (χ4v) is 2.11. The molecule has 1 amide bonds. The molecule has 0 aliphatic carbocycles. The third-order valence-electron chi connectivity index (χ3n) is 3.15. The number of para-hydroxylation sites is 2. The normalized spacial score (nSPS) is 10.4. The lowest BCUT2D eigenvalue weighted by atomic mass is 10.2. The first-order chi connectivity index (χ1) is 10.7. The number of H-pyrrole nitrogens is 1. The summed E-state index contributed by atoms with van der Waals surface area (Å²) in [6, 6.07) is 17.5. The first kappa shape index (κ1) is 13.7. The number of nitrogens with zero attached hydrogens (tertiary/aromatic N) is 1. The number of nitrogens with one attached hydrogen (secondary N) is 2. The summed E-state index contributed by atoms with van der Waals surface area (Å²) < 4.78 is 1.17. The van der Waals surface area contributed by atoms with Crippen LogP contribution in [0.25, 0.3) is 5.69 Å². The molecule has 0 fully saturated rings. The third-order valence-corrected chi connectivity index (χ3v) is 3.15. The number of aromatic amines is 1. The minimum atomic E-state index is -0.667. The van der Waals surface area contributed by atoms with E-state index in [4.69, 9.17) is 0 Å². The van der Waals surface area contributed by atoms with E-state index in [2.05, 4.69) is 10.4 Å². The number of hydrogen-bond donors (Lipinski definition) is 3. The predicted octanol–water partition coefficient (Wildman–Crippen LogP) is 2.12. The Labute approximate surface area is 125 Å². The van der Waals surface area contributed by atoms with Crippen LogP contribution < -0.4 is 10.9 Å². The Kier molecular flexibility index (Phi) is 3.49.